The monoisotopic (exact) mass is 712 g/mol. The minimum atomic E-state index is -1.02. The third-order valence-corrected chi connectivity index (χ3v) is 9.19. The minimum absolute atomic E-state index is 0.0195. The van der Waals surface area contributed by atoms with E-state index in [1.165, 1.54) is 15.4 Å². The van der Waals surface area contributed by atoms with E-state index in [9.17, 15) is 23.2 Å². The van der Waals surface area contributed by atoms with E-state index in [4.69, 9.17) is 11.6 Å². The summed E-state index contributed by atoms with van der Waals surface area (Å²) in [4.78, 5) is 50.1. The second-order valence-corrected chi connectivity index (χ2v) is 12.8. The molecule has 1 aliphatic heterocycles. The molecule has 262 valence electrons. The number of carbonyl (C=O) groups is 2. The van der Waals surface area contributed by atoms with Crippen molar-refractivity contribution in [2.24, 2.45) is 7.05 Å². The molecule has 11 nitrogen and oxygen atoms in total. The number of halogens is 3. The van der Waals surface area contributed by atoms with E-state index in [1.54, 1.807) is 50.5 Å². The van der Waals surface area contributed by atoms with Gasteiger partial charge >= 0.3 is 0 Å². The molecule has 0 bridgehead atoms. The highest BCUT2D eigenvalue weighted by atomic mass is 35.5. The van der Waals surface area contributed by atoms with Gasteiger partial charge in [-0.2, -0.15) is 0 Å². The number of likely N-dealkylation sites (tertiary alicyclic amines) is 1. The van der Waals surface area contributed by atoms with Crippen molar-refractivity contribution < 1.29 is 18.4 Å². The van der Waals surface area contributed by atoms with Gasteiger partial charge in [-0.25, -0.2) is 23.4 Å². The smallest absolute Gasteiger partial charge is 0.280 e. The molecule has 6 rings (SSSR count). The van der Waals surface area contributed by atoms with Crippen LogP contribution < -0.4 is 21.5 Å². The molecule has 0 atom stereocenters. The fourth-order valence-electron chi connectivity index (χ4n) is 5.87. The van der Waals surface area contributed by atoms with Crippen molar-refractivity contribution in [1.29, 1.82) is 0 Å². The summed E-state index contributed by atoms with van der Waals surface area (Å²) in [6, 6.07) is 14.0. The van der Waals surface area contributed by atoms with Crippen molar-refractivity contribution in [1.82, 2.24) is 34.9 Å². The standard InChI is InChI=1S/C37H35ClF2N8O3/c1-22-33(36(51)48(47(22)3)21-24-6-10-30(39)31(40)18-24)35(50)41-14-4-5-23-7-11-32-25(17-23)20-42-37(45-32)44-27-8-9-28(29(38)19-27)34(49)43-26-12-15-46(2)16-13-26/h6-11,17-20,26H,12-16,21H2,1-3H3,(H,41,50)(H,43,49)(H,42,44,45). The molecule has 1 saturated heterocycles. The van der Waals surface area contributed by atoms with E-state index >= 15 is 0 Å². The first kappa shape index (κ1) is 35.3. The zero-order valence-electron chi connectivity index (χ0n) is 28.2. The van der Waals surface area contributed by atoms with Gasteiger partial charge in [0.25, 0.3) is 17.4 Å². The molecule has 0 spiro atoms. The molecule has 3 aromatic carbocycles. The summed E-state index contributed by atoms with van der Waals surface area (Å²) >= 11 is 6.48. The Morgan fingerprint density at radius 2 is 1.78 bits per heavy atom. The summed E-state index contributed by atoms with van der Waals surface area (Å²) in [6.07, 6.45) is 3.46. The molecule has 0 saturated carbocycles. The number of aromatic nitrogens is 4. The van der Waals surface area contributed by atoms with Crippen molar-refractivity contribution in [2.75, 3.05) is 32.0 Å². The minimum Gasteiger partial charge on any atom is -0.349 e. The summed E-state index contributed by atoms with van der Waals surface area (Å²) in [5.41, 5.74) is 2.57. The highest BCUT2D eigenvalue weighted by Crippen LogP contribution is 2.24. The average Bonchev–Trinajstić information content (AvgIpc) is 3.31. The van der Waals surface area contributed by atoms with Crippen LogP contribution in [-0.2, 0) is 13.6 Å². The predicted octanol–water partition coefficient (Wildman–Crippen LogP) is 4.77. The van der Waals surface area contributed by atoms with E-state index < -0.39 is 23.1 Å². The van der Waals surface area contributed by atoms with Gasteiger partial charge in [0.2, 0.25) is 5.95 Å². The van der Waals surface area contributed by atoms with Crippen LogP contribution >= 0.6 is 11.6 Å². The zero-order chi connectivity index (χ0) is 36.2. The van der Waals surface area contributed by atoms with Gasteiger partial charge in [0.15, 0.2) is 11.6 Å². The van der Waals surface area contributed by atoms with Gasteiger partial charge in [-0.3, -0.25) is 19.1 Å². The van der Waals surface area contributed by atoms with Gasteiger partial charge in [0.05, 0.1) is 29.2 Å². The number of anilines is 2. The molecule has 14 heteroatoms. The fraction of sp³-hybridized carbons (Fsp3) is 0.270. The first-order valence-corrected chi connectivity index (χ1v) is 16.6. The zero-order valence-corrected chi connectivity index (χ0v) is 28.9. The molecule has 1 fully saturated rings. The molecule has 51 heavy (non-hydrogen) atoms. The topological polar surface area (TPSA) is 126 Å². The Kier molecular flexibility index (Phi) is 10.5. The molecule has 0 unspecified atom stereocenters. The summed E-state index contributed by atoms with van der Waals surface area (Å²) in [5.74, 6) is 3.46. The van der Waals surface area contributed by atoms with Crippen molar-refractivity contribution in [2.45, 2.75) is 32.4 Å². The number of hydrogen-bond acceptors (Lipinski definition) is 7. The van der Waals surface area contributed by atoms with Gasteiger partial charge in [-0.05, 0) is 94.0 Å². The fourth-order valence-corrected chi connectivity index (χ4v) is 6.13. The lowest BCUT2D eigenvalue weighted by molar-refractivity contribution is 0.0915. The summed E-state index contributed by atoms with van der Waals surface area (Å²) < 4.78 is 29.8. The van der Waals surface area contributed by atoms with Crippen LogP contribution in [0.5, 0.6) is 0 Å². The van der Waals surface area contributed by atoms with E-state index in [0.717, 1.165) is 43.5 Å². The number of rotatable bonds is 8. The normalized spacial score (nSPS) is 13.5. The quantitative estimate of drug-likeness (QED) is 0.198. The maximum absolute atomic E-state index is 13.7. The Morgan fingerprint density at radius 3 is 2.53 bits per heavy atom. The van der Waals surface area contributed by atoms with Crippen LogP contribution in [0.1, 0.15) is 50.4 Å². The molecule has 1 aliphatic rings. The van der Waals surface area contributed by atoms with Crippen molar-refractivity contribution in [3.8, 4) is 11.8 Å². The molecule has 3 N–H and O–H groups in total. The first-order valence-electron chi connectivity index (χ1n) is 16.3. The third-order valence-electron chi connectivity index (χ3n) is 8.87. The van der Waals surface area contributed by atoms with E-state index in [2.05, 4.69) is 49.7 Å². The van der Waals surface area contributed by atoms with Crippen molar-refractivity contribution >= 4 is 46.0 Å². The molecular weight excluding hydrogens is 678 g/mol. The highest BCUT2D eigenvalue weighted by Gasteiger charge is 2.22. The lowest BCUT2D eigenvalue weighted by Gasteiger charge is -2.29. The second kappa shape index (κ2) is 15.1. The first-order chi connectivity index (χ1) is 24.5. The number of hydrogen-bond donors (Lipinski definition) is 3. The number of carbonyl (C=O) groups excluding carboxylic acids is 2. The van der Waals surface area contributed by atoms with Crippen LogP contribution in [0.4, 0.5) is 20.4 Å². The van der Waals surface area contributed by atoms with Crippen LogP contribution in [0.3, 0.4) is 0 Å². The van der Waals surface area contributed by atoms with Gasteiger partial charge in [-0.15, -0.1) is 0 Å². The Hall–Kier alpha value is -5.58. The Labute approximate surface area is 297 Å². The summed E-state index contributed by atoms with van der Waals surface area (Å²) in [6.45, 7) is 3.46. The summed E-state index contributed by atoms with van der Waals surface area (Å²) in [5, 5.41) is 9.94. The SMILES string of the molecule is Cc1c(C(=O)NCC#Cc2ccc3nc(Nc4ccc(C(=O)NC5CCN(C)CC5)c(Cl)c4)ncc3c2)c(=O)n(Cc2ccc(F)c(F)c2)n1C. The van der Waals surface area contributed by atoms with Crippen LogP contribution in [0.2, 0.25) is 5.02 Å². The van der Waals surface area contributed by atoms with Crippen LogP contribution in [-0.4, -0.2) is 68.8 Å². The maximum atomic E-state index is 13.7. The van der Waals surface area contributed by atoms with Gasteiger partial charge < -0.3 is 20.9 Å². The second-order valence-electron chi connectivity index (χ2n) is 12.4. The van der Waals surface area contributed by atoms with Crippen LogP contribution in [0, 0.1) is 30.4 Å². The molecule has 5 aromatic rings. The lowest BCUT2D eigenvalue weighted by atomic mass is 10.0. The maximum Gasteiger partial charge on any atom is 0.280 e. The third kappa shape index (κ3) is 8.09. The van der Waals surface area contributed by atoms with Crippen LogP contribution in [0.25, 0.3) is 10.9 Å². The lowest BCUT2D eigenvalue weighted by Crippen LogP contribution is -2.43. The molecule has 2 amide bonds. The summed E-state index contributed by atoms with van der Waals surface area (Å²) in [7, 11) is 3.68. The molecule has 0 aliphatic carbocycles. The number of nitrogens with zero attached hydrogens (tertiary/aromatic N) is 5. The predicted molar refractivity (Wildman–Crippen MR) is 191 cm³/mol. The average molecular weight is 713 g/mol. The number of amides is 2. The van der Waals surface area contributed by atoms with E-state index in [0.29, 0.717) is 44.6 Å². The molecule has 3 heterocycles. The Bertz CT molecular complexity index is 2270. The van der Waals surface area contributed by atoms with E-state index in [1.807, 2.05) is 6.07 Å². The van der Waals surface area contributed by atoms with Crippen LogP contribution in [0.15, 0.2) is 65.6 Å². The van der Waals surface area contributed by atoms with Gasteiger partial charge in [0.1, 0.15) is 5.56 Å². The largest absolute Gasteiger partial charge is 0.349 e. The number of piperidine rings is 1. The number of fused-ring (bicyclic) bond motifs is 1. The number of benzene rings is 3. The van der Waals surface area contributed by atoms with Gasteiger partial charge in [0, 0.05) is 41.6 Å². The molecule has 0 radical (unpaired) electrons. The highest BCUT2D eigenvalue weighted by molar-refractivity contribution is 6.34. The Balaban J connectivity index is 1.05. The molecule has 2 aromatic heterocycles. The van der Waals surface area contributed by atoms with Gasteiger partial charge in [-0.1, -0.05) is 29.5 Å². The number of nitrogens with one attached hydrogen (secondary N) is 3. The van der Waals surface area contributed by atoms with E-state index in [-0.39, 0.29) is 30.6 Å². The Morgan fingerprint density at radius 1 is 1.00 bits per heavy atom. The van der Waals surface area contributed by atoms with Crippen molar-refractivity contribution in [3.05, 3.63) is 116 Å². The van der Waals surface area contributed by atoms with Crippen molar-refractivity contribution in [3.63, 3.8) is 0 Å². The molecular formula is C37H35ClF2N8O3.